The fraction of sp³-hybridized carbons (Fsp3) is 0.333. The van der Waals surface area contributed by atoms with Gasteiger partial charge in [0.2, 0.25) is 0 Å². The number of likely N-dealkylation sites (N-methyl/N-ethyl adjacent to an activating group) is 1. The van der Waals surface area contributed by atoms with Crippen molar-refractivity contribution in [3.63, 3.8) is 0 Å². The molecular weight excluding hydrogens is 150 g/mol. The van der Waals surface area contributed by atoms with Crippen molar-refractivity contribution in [2.24, 2.45) is 0 Å². The van der Waals surface area contributed by atoms with Gasteiger partial charge >= 0.3 is 0 Å². The van der Waals surface area contributed by atoms with Crippen LogP contribution in [0.1, 0.15) is 0 Å². The SMILES string of the molecule is CN1CCN(c2ccccc2)N1. The van der Waals surface area contributed by atoms with Gasteiger partial charge in [0.15, 0.2) is 0 Å². The van der Waals surface area contributed by atoms with Crippen molar-refractivity contribution in [2.75, 3.05) is 25.1 Å². The van der Waals surface area contributed by atoms with Gasteiger partial charge in [-0.2, -0.15) is 5.53 Å². The molecule has 1 aliphatic rings. The summed E-state index contributed by atoms with van der Waals surface area (Å²) >= 11 is 0. The van der Waals surface area contributed by atoms with Crippen molar-refractivity contribution < 1.29 is 0 Å². The second kappa shape index (κ2) is 3.13. The zero-order chi connectivity index (χ0) is 8.39. The molecule has 0 radical (unpaired) electrons. The number of anilines is 1. The van der Waals surface area contributed by atoms with Crippen LogP contribution in [-0.4, -0.2) is 25.1 Å². The molecule has 64 valence electrons. The lowest BCUT2D eigenvalue weighted by Gasteiger charge is -2.18. The molecule has 0 amide bonds. The highest BCUT2D eigenvalue weighted by Gasteiger charge is 2.14. The largest absolute Gasteiger partial charge is 0.294 e. The molecule has 0 bridgehead atoms. The van der Waals surface area contributed by atoms with E-state index in [0.29, 0.717) is 0 Å². The smallest absolute Gasteiger partial charge is 0.0533 e. The number of hydrogen-bond donors (Lipinski definition) is 1. The number of benzene rings is 1. The number of hydrogen-bond acceptors (Lipinski definition) is 3. The van der Waals surface area contributed by atoms with Crippen molar-refractivity contribution in [1.29, 1.82) is 0 Å². The number of rotatable bonds is 1. The number of para-hydroxylation sites is 1. The standard InChI is InChI=1S/C9H13N3/c1-11-7-8-12(10-11)9-5-3-2-4-6-9/h2-6,10H,7-8H2,1H3. The molecule has 0 saturated carbocycles. The minimum absolute atomic E-state index is 1.04. The highest BCUT2D eigenvalue weighted by atomic mass is 15.8. The molecule has 3 nitrogen and oxygen atoms in total. The van der Waals surface area contributed by atoms with E-state index < -0.39 is 0 Å². The Labute approximate surface area is 72.5 Å². The Morgan fingerprint density at radius 2 is 1.92 bits per heavy atom. The van der Waals surface area contributed by atoms with Crippen molar-refractivity contribution in [3.05, 3.63) is 30.3 Å². The zero-order valence-electron chi connectivity index (χ0n) is 7.20. The first kappa shape index (κ1) is 7.58. The number of nitrogens with zero attached hydrogens (tertiary/aromatic N) is 2. The summed E-state index contributed by atoms with van der Waals surface area (Å²) in [5, 5.41) is 4.22. The van der Waals surface area contributed by atoms with Crippen LogP contribution in [0, 0.1) is 0 Å². The normalized spacial score (nSPS) is 18.6. The summed E-state index contributed by atoms with van der Waals surface area (Å²) in [6, 6.07) is 10.3. The van der Waals surface area contributed by atoms with Crippen LogP contribution in [0.4, 0.5) is 5.69 Å². The molecular formula is C9H13N3. The molecule has 1 saturated heterocycles. The van der Waals surface area contributed by atoms with E-state index in [1.165, 1.54) is 5.69 Å². The molecule has 2 rings (SSSR count). The molecule has 0 atom stereocenters. The van der Waals surface area contributed by atoms with E-state index in [9.17, 15) is 0 Å². The summed E-state index contributed by atoms with van der Waals surface area (Å²) in [5.41, 5.74) is 4.46. The van der Waals surface area contributed by atoms with Gasteiger partial charge in [-0.1, -0.05) is 18.2 Å². The van der Waals surface area contributed by atoms with Gasteiger partial charge in [0, 0.05) is 20.1 Å². The lowest BCUT2D eigenvalue weighted by Crippen LogP contribution is -2.37. The third-order valence-corrected chi connectivity index (χ3v) is 2.02. The summed E-state index contributed by atoms with van der Waals surface area (Å²) in [6.45, 7) is 2.11. The van der Waals surface area contributed by atoms with E-state index in [1.54, 1.807) is 0 Å². The van der Waals surface area contributed by atoms with E-state index in [0.717, 1.165) is 13.1 Å². The van der Waals surface area contributed by atoms with Crippen LogP contribution in [0.15, 0.2) is 30.3 Å². The Hall–Kier alpha value is -1.06. The Kier molecular flexibility index (Phi) is 1.98. The van der Waals surface area contributed by atoms with Crippen LogP contribution in [0.3, 0.4) is 0 Å². The predicted molar refractivity (Wildman–Crippen MR) is 49.6 cm³/mol. The topological polar surface area (TPSA) is 18.5 Å². The monoisotopic (exact) mass is 163 g/mol. The maximum absolute atomic E-state index is 3.24. The van der Waals surface area contributed by atoms with Gasteiger partial charge in [0.05, 0.1) is 5.69 Å². The van der Waals surface area contributed by atoms with E-state index in [-0.39, 0.29) is 0 Å². The van der Waals surface area contributed by atoms with E-state index in [1.807, 2.05) is 13.1 Å². The highest BCUT2D eigenvalue weighted by Crippen LogP contribution is 2.12. The average molecular weight is 163 g/mol. The zero-order valence-corrected chi connectivity index (χ0v) is 7.20. The quantitative estimate of drug-likeness (QED) is 0.662. The molecule has 12 heavy (non-hydrogen) atoms. The average Bonchev–Trinajstić information content (AvgIpc) is 2.54. The highest BCUT2D eigenvalue weighted by molar-refractivity contribution is 5.45. The van der Waals surface area contributed by atoms with Gasteiger partial charge in [0.1, 0.15) is 0 Å². The van der Waals surface area contributed by atoms with E-state index in [4.69, 9.17) is 0 Å². The van der Waals surface area contributed by atoms with Gasteiger partial charge in [-0.15, -0.1) is 0 Å². The Bertz CT molecular complexity index is 247. The van der Waals surface area contributed by atoms with Gasteiger partial charge in [-0.05, 0) is 12.1 Å². The van der Waals surface area contributed by atoms with Gasteiger partial charge in [-0.25, -0.2) is 5.01 Å². The molecule has 1 aromatic rings. The first-order chi connectivity index (χ1) is 5.86. The van der Waals surface area contributed by atoms with Crippen LogP contribution in [0.2, 0.25) is 0 Å². The fourth-order valence-corrected chi connectivity index (χ4v) is 1.35. The fourth-order valence-electron chi connectivity index (χ4n) is 1.35. The predicted octanol–water partition coefficient (Wildman–Crippen LogP) is 0.858. The summed E-state index contributed by atoms with van der Waals surface area (Å²) in [5.74, 6) is 0. The molecule has 1 fully saturated rings. The lowest BCUT2D eigenvalue weighted by molar-refractivity contribution is 0.308. The maximum Gasteiger partial charge on any atom is 0.0533 e. The van der Waals surface area contributed by atoms with Crippen LogP contribution >= 0.6 is 0 Å². The summed E-state index contributed by atoms with van der Waals surface area (Å²) < 4.78 is 0. The van der Waals surface area contributed by atoms with Gasteiger partial charge in [-0.3, -0.25) is 5.01 Å². The third kappa shape index (κ3) is 1.42. The first-order valence-corrected chi connectivity index (χ1v) is 4.16. The molecule has 1 aliphatic heterocycles. The number of nitrogens with one attached hydrogen (secondary N) is 1. The van der Waals surface area contributed by atoms with E-state index >= 15 is 0 Å². The molecule has 0 aromatic heterocycles. The van der Waals surface area contributed by atoms with Crippen molar-refractivity contribution >= 4 is 5.69 Å². The van der Waals surface area contributed by atoms with Gasteiger partial charge < -0.3 is 0 Å². The lowest BCUT2D eigenvalue weighted by atomic mass is 10.3. The molecule has 3 heteroatoms. The van der Waals surface area contributed by atoms with Crippen LogP contribution in [-0.2, 0) is 0 Å². The first-order valence-electron chi connectivity index (χ1n) is 4.16. The molecule has 0 spiro atoms. The Morgan fingerprint density at radius 1 is 1.17 bits per heavy atom. The van der Waals surface area contributed by atoms with Crippen molar-refractivity contribution in [1.82, 2.24) is 10.5 Å². The minimum atomic E-state index is 1.04. The van der Waals surface area contributed by atoms with Crippen LogP contribution in [0.25, 0.3) is 0 Å². The molecule has 1 aromatic carbocycles. The molecule has 1 N–H and O–H groups in total. The maximum atomic E-state index is 3.24. The minimum Gasteiger partial charge on any atom is -0.294 e. The second-order valence-corrected chi connectivity index (χ2v) is 3.01. The van der Waals surface area contributed by atoms with Crippen molar-refractivity contribution in [2.45, 2.75) is 0 Å². The summed E-state index contributed by atoms with van der Waals surface area (Å²) in [6.07, 6.45) is 0. The third-order valence-electron chi connectivity index (χ3n) is 2.02. The number of hydrazine groups is 2. The molecule has 1 heterocycles. The van der Waals surface area contributed by atoms with Gasteiger partial charge in [0.25, 0.3) is 0 Å². The Balaban J connectivity index is 2.11. The summed E-state index contributed by atoms with van der Waals surface area (Å²) in [7, 11) is 2.04. The van der Waals surface area contributed by atoms with E-state index in [2.05, 4.69) is 39.8 Å². The molecule has 0 unspecified atom stereocenters. The van der Waals surface area contributed by atoms with Crippen LogP contribution in [0.5, 0.6) is 0 Å². The molecule has 0 aliphatic carbocycles. The van der Waals surface area contributed by atoms with Crippen LogP contribution < -0.4 is 10.5 Å². The van der Waals surface area contributed by atoms with Crippen molar-refractivity contribution in [3.8, 4) is 0 Å². The summed E-state index contributed by atoms with van der Waals surface area (Å²) in [4.78, 5) is 0. The second-order valence-electron chi connectivity index (χ2n) is 3.01. The Morgan fingerprint density at radius 3 is 2.50 bits per heavy atom.